The molecule has 3 rings (SSSR count). The Morgan fingerprint density at radius 2 is 1.74 bits per heavy atom. The van der Waals surface area contributed by atoms with Gasteiger partial charge in [0.25, 0.3) is 0 Å². The average molecular weight is 322 g/mol. The van der Waals surface area contributed by atoms with Crippen molar-refractivity contribution in [1.29, 1.82) is 0 Å². The highest BCUT2D eigenvalue weighted by Gasteiger charge is 2.65. The van der Waals surface area contributed by atoms with Gasteiger partial charge in [0, 0.05) is 5.56 Å². The summed E-state index contributed by atoms with van der Waals surface area (Å²) in [6.45, 7) is 0.351. The van der Waals surface area contributed by atoms with Crippen LogP contribution in [0.2, 0.25) is 0 Å². The zero-order chi connectivity index (χ0) is 16.3. The van der Waals surface area contributed by atoms with Crippen LogP contribution in [0.15, 0.2) is 44.5 Å². The van der Waals surface area contributed by atoms with Gasteiger partial charge in [-0.2, -0.15) is 13.2 Å². The molecule has 1 saturated carbocycles. The van der Waals surface area contributed by atoms with E-state index in [-0.39, 0.29) is 5.56 Å². The van der Waals surface area contributed by atoms with Crippen LogP contribution in [0.4, 0.5) is 13.2 Å². The number of rotatable bonds is 4. The van der Waals surface area contributed by atoms with E-state index in [9.17, 15) is 13.2 Å². The minimum absolute atomic E-state index is 0.0357. The lowest BCUT2D eigenvalue weighted by Crippen LogP contribution is -2.30. The molecule has 0 spiro atoms. The molecule has 1 aliphatic carbocycles. The van der Waals surface area contributed by atoms with Gasteiger partial charge in [0.2, 0.25) is 0 Å². The first kappa shape index (κ1) is 15.9. The van der Waals surface area contributed by atoms with E-state index in [4.69, 9.17) is 0 Å². The molecule has 0 N–H and O–H groups in total. The van der Waals surface area contributed by atoms with Gasteiger partial charge in [-0.15, -0.1) is 10.2 Å². The van der Waals surface area contributed by atoms with Crippen molar-refractivity contribution in [3.05, 3.63) is 35.4 Å². The van der Waals surface area contributed by atoms with Gasteiger partial charge in [-0.05, 0) is 18.4 Å². The van der Waals surface area contributed by atoms with E-state index in [2.05, 4.69) is 26.2 Å². The second-order valence-corrected chi connectivity index (χ2v) is 5.90. The van der Waals surface area contributed by atoms with Gasteiger partial charge in [-0.3, -0.25) is 0 Å². The molecule has 1 aromatic rings. The number of hydrogen-bond acceptors (Lipinski definition) is 4. The molecule has 0 atom stereocenters. The van der Waals surface area contributed by atoms with E-state index in [0.29, 0.717) is 12.6 Å². The molecule has 122 valence electrons. The molecule has 1 heterocycles. The summed E-state index contributed by atoms with van der Waals surface area (Å²) in [6.07, 6.45) is 1.36. The second-order valence-electron chi connectivity index (χ2n) is 5.90. The summed E-state index contributed by atoms with van der Waals surface area (Å²) >= 11 is 0. The van der Waals surface area contributed by atoms with E-state index >= 15 is 0 Å². The van der Waals surface area contributed by atoms with Crippen molar-refractivity contribution < 1.29 is 13.2 Å². The van der Waals surface area contributed by atoms with Crippen molar-refractivity contribution >= 4 is 6.01 Å². The molecule has 0 bridgehead atoms. The fourth-order valence-electron chi connectivity index (χ4n) is 2.74. The Balaban J connectivity index is 1.59. The van der Waals surface area contributed by atoms with E-state index in [1.807, 2.05) is 0 Å². The van der Waals surface area contributed by atoms with Crippen molar-refractivity contribution in [2.24, 2.45) is 20.2 Å². The third kappa shape index (κ3) is 3.50. The molecule has 7 heteroatoms. The molecule has 1 aromatic carbocycles. The molecule has 1 aliphatic heterocycles. The summed E-state index contributed by atoms with van der Waals surface area (Å²) in [4.78, 5) is 8.41. The lowest BCUT2D eigenvalue weighted by atomic mass is 9.96. The van der Waals surface area contributed by atoms with Crippen LogP contribution in [0.3, 0.4) is 0 Å². The maximum absolute atomic E-state index is 12.9. The van der Waals surface area contributed by atoms with Crippen LogP contribution < -0.4 is 0 Å². The van der Waals surface area contributed by atoms with Gasteiger partial charge in [0.1, 0.15) is 0 Å². The average Bonchev–Trinajstić information content (AvgIpc) is 3.35. The van der Waals surface area contributed by atoms with Gasteiger partial charge >= 0.3 is 11.8 Å². The molecule has 1 fully saturated rings. The first-order valence-electron chi connectivity index (χ1n) is 7.73. The van der Waals surface area contributed by atoms with Gasteiger partial charge < -0.3 is 0 Å². The van der Waals surface area contributed by atoms with Crippen molar-refractivity contribution in [1.82, 2.24) is 0 Å². The predicted molar refractivity (Wildman–Crippen MR) is 79.5 cm³/mol. The number of nitrogens with zero attached hydrogens (tertiary/aromatic N) is 4. The molecule has 0 unspecified atom stereocenters. The number of aliphatic imine (C=N–C) groups is 2. The van der Waals surface area contributed by atoms with Crippen molar-refractivity contribution in [2.45, 2.75) is 56.5 Å². The molecule has 0 amide bonds. The Labute approximate surface area is 132 Å². The van der Waals surface area contributed by atoms with Gasteiger partial charge in [-0.1, -0.05) is 43.5 Å². The Bertz CT molecular complexity index is 630. The van der Waals surface area contributed by atoms with Crippen LogP contribution in [0.5, 0.6) is 0 Å². The van der Waals surface area contributed by atoms with E-state index in [0.717, 1.165) is 18.4 Å². The van der Waals surface area contributed by atoms with E-state index in [1.165, 1.54) is 31.4 Å². The van der Waals surface area contributed by atoms with Crippen LogP contribution in [0, 0.1) is 0 Å². The summed E-state index contributed by atoms with van der Waals surface area (Å²) in [7, 11) is 0. The van der Waals surface area contributed by atoms with Crippen LogP contribution in [0.1, 0.15) is 43.2 Å². The maximum Gasteiger partial charge on any atom is 0.442 e. The van der Waals surface area contributed by atoms with Crippen LogP contribution in [0.25, 0.3) is 0 Å². The molecule has 4 nitrogen and oxygen atoms in total. The summed E-state index contributed by atoms with van der Waals surface area (Å²) in [5.41, 5.74) is -1.51. The van der Waals surface area contributed by atoms with Crippen LogP contribution in [-0.4, -0.2) is 18.2 Å². The zero-order valence-corrected chi connectivity index (χ0v) is 12.6. The van der Waals surface area contributed by atoms with E-state index in [1.54, 1.807) is 12.1 Å². The van der Waals surface area contributed by atoms with Gasteiger partial charge in [0.05, 0.1) is 18.6 Å². The Morgan fingerprint density at radius 1 is 1.09 bits per heavy atom. The number of benzene rings is 1. The first-order chi connectivity index (χ1) is 11.0. The van der Waals surface area contributed by atoms with Crippen LogP contribution in [-0.2, 0) is 12.2 Å². The third-order valence-corrected chi connectivity index (χ3v) is 4.20. The maximum atomic E-state index is 12.9. The Kier molecular flexibility index (Phi) is 4.31. The summed E-state index contributed by atoms with van der Waals surface area (Å²) in [5, 5.41) is 6.36. The summed E-state index contributed by atoms with van der Waals surface area (Å²) < 4.78 is 38.6. The predicted octanol–water partition coefficient (Wildman–Crippen LogP) is 4.87. The van der Waals surface area contributed by atoms with Crippen molar-refractivity contribution in [2.75, 3.05) is 0 Å². The number of alkyl halides is 3. The largest absolute Gasteiger partial charge is 0.442 e. The topological polar surface area (TPSA) is 49.4 Å². The molecule has 23 heavy (non-hydrogen) atoms. The lowest BCUT2D eigenvalue weighted by Gasteiger charge is -2.15. The second kappa shape index (κ2) is 6.24. The molecule has 0 saturated heterocycles. The van der Waals surface area contributed by atoms with Crippen molar-refractivity contribution in [3.8, 4) is 0 Å². The summed E-state index contributed by atoms with van der Waals surface area (Å²) in [6, 6.07) is 9.05. The highest BCUT2D eigenvalue weighted by molar-refractivity contribution is 5.42. The van der Waals surface area contributed by atoms with Gasteiger partial charge in [0.15, 0.2) is 0 Å². The highest BCUT2D eigenvalue weighted by Crippen LogP contribution is 2.52. The SMILES string of the molecule is FC(F)(F)C1(c2ccc(CN=C=NC3CCCCC3)cc2)N=N1. The number of halogens is 3. The summed E-state index contributed by atoms with van der Waals surface area (Å²) in [5.74, 6) is 0. The molecule has 2 aliphatic rings. The minimum Gasteiger partial charge on any atom is -0.222 e. The minimum atomic E-state index is -4.49. The fourth-order valence-corrected chi connectivity index (χ4v) is 2.74. The normalized spacial score (nSPS) is 20.0. The molecule has 0 aromatic heterocycles. The zero-order valence-electron chi connectivity index (χ0n) is 12.6. The number of hydrogen-bond donors (Lipinski definition) is 0. The quantitative estimate of drug-likeness (QED) is 0.710. The smallest absolute Gasteiger partial charge is 0.222 e. The molecular formula is C16H17F3N4. The standard InChI is InChI=1S/C16H17F3N4/c17-16(18,19)15(22-23-15)13-8-6-12(7-9-13)10-20-11-21-14-4-2-1-3-5-14/h6-9,14H,1-5,10H2. The third-order valence-electron chi connectivity index (χ3n) is 4.20. The monoisotopic (exact) mass is 322 g/mol. The Morgan fingerprint density at radius 3 is 2.30 bits per heavy atom. The highest BCUT2D eigenvalue weighted by atomic mass is 19.4. The van der Waals surface area contributed by atoms with E-state index < -0.39 is 11.8 Å². The Hall–Kier alpha value is -2.01. The van der Waals surface area contributed by atoms with Crippen molar-refractivity contribution in [3.63, 3.8) is 0 Å². The van der Waals surface area contributed by atoms with Gasteiger partial charge in [-0.25, -0.2) is 9.98 Å². The lowest BCUT2D eigenvalue weighted by molar-refractivity contribution is -0.166. The first-order valence-corrected chi connectivity index (χ1v) is 7.73. The van der Waals surface area contributed by atoms with Crippen LogP contribution >= 0.6 is 0 Å². The molecular weight excluding hydrogens is 305 g/mol. The fraction of sp³-hybridized carbons (Fsp3) is 0.562. The molecule has 0 radical (unpaired) electrons.